The highest BCUT2D eigenvalue weighted by molar-refractivity contribution is 6.43. The molecule has 0 aliphatic carbocycles. The smallest absolute Gasteiger partial charge is 0.168 e. The van der Waals surface area contributed by atoms with Crippen molar-refractivity contribution in [3.8, 4) is 0 Å². The van der Waals surface area contributed by atoms with Gasteiger partial charge in [-0.05, 0) is 42.3 Å². The molecule has 0 saturated carbocycles. The second-order valence-corrected chi connectivity index (χ2v) is 5.06. The topological polar surface area (TPSA) is 17.1 Å². The molecule has 0 atom stereocenters. The monoisotopic (exact) mass is 296 g/mol. The van der Waals surface area contributed by atoms with Gasteiger partial charge in [0.15, 0.2) is 5.78 Å². The summed E-state index contributed by atoms with van der Waals surface area (Å²) < 4.78 is 13.2. The first-order valence-electron chi connectivity index (χ1n) is 5.71. The van der Waals surface area contributed by atoms with E-state index in [-0.39, 0.29) is 23.0 Å². The van der Waals surface area contributed by atoms with Gasteiger partial charge in [0.2, 0.25) is 0 Å². The molecule has 4 heteroatoms. The lowest BCUT2D eigenvalue weighted by atomic mass is 9.99. The van der Waals surface area contributed by atoms with Gasteiger partial charge in [0, 0.05) is 12.0 Å². The maximum absolute atomic E-state index is 13.2. The highest BCUT2D eigenvalue weighted by Gasteiger charge is 2.14. The van der Waals surface area contributed by atoms with Crippen LogP contribution in [0.5, 0.6) is 0 Å². The molecule has 2 rings (SSSR count). The number of halogens is 3. The Bertz CT molecular complexity index is 638. The molecule has 0 spiro atoms. The van der Waals surface area contributed by atoms with Gasteiger partial charge in [0.05, 0.1) is 10.0 Å². The van der Waals surface area contributed by atoms with E-state index in [9.17, 15) is 9.18 Å². The zero-order valence-electron chi connectivity index (χ0n) is 10.2. The third-order valence-electron chi connectivity index (χ3n) is 2.91. The van der Waals surface area contributed by atoms with Gasteiger partial charge in [-0.25, -0.2) is 4.39 Å². The number of carbonyl (C=O) groups excluding carboxylic acids is 1. The first-order valence-corrected chi connectivity index (χ1v) is 6.47. The number of carbonyl (C=O) groups is 1. The number of rotatable bonds is 3. The van der Waals surface area contributed by atoms with Gasteiger partial charge in [-0.15, -0.1) is 0 Å². The van der Waals surface area contributed by atoms with Crippen LogP contribution in [0, 0.1) is 12.7 Å². The van der Waals surface area contributed by atoms with Crippen molar-refractivity contribution >= 4 is 29.0 Å². The van der Waals surface area contributed by atoms with Gasteiger partial charge >= 0.3 is 0 Å². The molecule has 19 heavy (non-hydrogen) atoms. The summed E-state index contributed by atoms with van der Waals surface area (Å²) in [5.41, 5.74) is 1.88. The molecule has 0 aliphatic heterocycles. The fraction of sp³-hybridized carbons (Fsp3) is 0.133. The van der Waals surface area contributed by atoms with Crippen LogP contribution in [0.3, 0.4) is 0 Å². The predicted octanol–water partition coefficient (Wildman–Crippen LogP) is 4.87. The van der Waals surface area contributed by atoms with Crippen LogP contribution in [0.4, 0.5) is 4.39 Å². The van der Waals surface area contributed by atoms with Crippen LogP contribution in [-0.4, -0.2) is 5.78 Å². The number of benzene rings is 2. The van der Waals surface area contributed by atoms with Crippen molar-refractivity contribution in [3.05, 3.63) is 69.0 Å². The SMILES string of the molecule is Cc1ccc(F)cc1CC(=O)c1cccc(Cl)c1Cl. The third-order valence-corrected chi connectivity index (χ3v) is 3.73. The Morgan fingerprint density at radius 2 is 1.95 bits per heavy atom. The van der Waals surface area contributed by atoms with Crippen molar-refractivity contribution in [2.45, 2.75) is 13.3 Å². The lowest BCUT2D eigenvalue weighted by Crippen LogP contribution is -2.06. The third kappa shape index (κ3) is 3.14. The van der Waals surface area contributed by atoms with Crippen LogP contribution in [0.25, 0.3) is 0 Å². The summed E-state index contributed by atoms with van der Waals surface area (Å²) in [5, 5.41) is 0.576. The van der Waals surface area contributed by atoms with E-state index in [1.165, 1.54) is 12.1 Å². The molecule has 0 saturated heterocycles. The molecule has 98 valence electrons. The largest absolute Gasteiger partial charge is 0.294 e. The van der Waals surface area contributed by atoms with Crippen molar-refractivity contribution in [2.75, 3.05) is 0 Å². The first kappa shape index (κ1) is 14.0. The molecular formula is C15H11Cl2FO. The number of hydrogen-bond acceptors (Lipinski definition) is 1. The van der Waals surface area contributed by atoms with Crippen LogP contribution in [0.15, 0.2) is 36.4 Å². The summed E-state index contributed by atoms with van der Waals surface area (Å²) in [6.07, 6.45) is 0.101. The highest BCUT2D eigenvalue weighted by Crippen LogP contribution is 2.27. The van der Waals surface area contributed by atoms with Gasteiger partial charge in [-0.2, -0.15) is 0 Å². The number of Topliss-reactive ketones (excluding diaryl/α,β-unsaturated/α-hetero) is 1. The fourth-order valence-corrected chi connectivity index (χ4v) is 2.22. The zero-order valence-corrected chi connectivity index (χ0v) is 11.7. The van der Waals surface area contributed by atoms with E-state index in [0.29, 0.717) is 16.1 Å². The maximum Gasteiger partial charge on any atom is 0.168 e. The molecule has 0 heterocycles. The van der Waals surface area contributed by atoms with Crippen molar-refractivity contribution in [1.29, 1.82) is 0 Å². The minimum absolute atomic E-state index is 0.101. The zero-order chi connectivity index (χ0) is 14.0. The van der Waals surface area contributed by atoms with Gasteiger partial charge in [-0.1, -0.05) is 35.3 Å². The highest BCUT2D eigenvalue weighted by atomic mass is 35.5. The maximum atomic E-state index is 13.2. The minimum Gasteiger partial charge on any atom is -0.294 e. The van der Waals surface area contributed by atoms with E-state index in [2.05, 4.69) is 0 Å². The van der Waals surface area contributed by atoms with Crippen molar-refractivity contribution < 1.29 is 9.18 Å². The van der Waals surface area contributed by atoms with Gasteiger partial charge < -0.3 is 0 Å². The Kier molecular flexibility index (Phi) is 4.23. The van der Waals surface area contributed by atoms with Crippen molar-refractivity contribution in [1.82, 2.24) is 0 Å². The molecule has 2 aromatic rings. The van der Waals surface area contributed by atoms with Crippen LogP contribution in [0.2, 0.25) is 10.0 Å². The summed E-state index contributed by atoms with van der Waals surface area (Å²) in [7, 11) is 0. The van der Waals surface area contributed by atoms with Gasteiger partial charge in [0.1, 0.15) is 5.82 Å². The molecule has 0 fully saturated rings. The Balaban J connectivity index is 2.31. The van der Waals surface area contributed by atoms with Gasteiger partial charge in [0.25, 0.3) is 0 Å². The van der Waals surface area contributed by atoms with E-state index in [1.807, 2.05) is 6.92 Å². The fourth-order valence-electron chi connectivity index (χ4n) is 1.82. The normalized spacial score (nSPS) is 10.5. The van der Waals surface area contributed by atoms with E-state index in [4.69, 9.17) is 23.2 Å². The van der Waals surface area contributed by atoms with E-state index < -0.39 is 0 Å². The molecule has 0 unspecified atom stereocenters. The van der Waals surface area contributed by atoms with Crippen molar-refractivity contribution in [2.24, 2.45) is 0 Å². The predicted molar refractivity (Wildman–Crippen MR) is 75.6 cm³/mol. The molecule has 0 amide bonds. The minimum atomic E-state index is -0.356. The lowest BCUT2D eigenvalue weighted by Gasteiger charge is -2.07. The Morgan fingerprint density at radius 1 is 1.21 bits per heavy atom. The van der Waals surface area contributed by atoms with Crippen LogP contribution >= 0.6 is 23.2 Å². The standard InChI is InChI=1S/C15H11Cl2FO/c1-9-5-6-11(18)7-10(9)8-14(19)12-3-2-4-13(16)15(12)17/h2-7H,8H2,1H3. The molecular weight excluding hydrogens is 286 g/mol. The Morgan fingerprint density at radius 3 is 2.68 bits per heavy atom. The van der Waals surface area contributed by atoms with Gasteiger partial charge in [-0.3, -0.25) is 4.79 Å². The molecule has 2 aromatic carbocycles. The Hall–Kier alpha value is -1.38. The average molecular weight is 297 g/mol. The number of hydrogen-bond donors (Lipinski definition) is 0. The van der Waals surface area contributed by atoms with E-state index in [0.717, 1.165) is 5.56 Å². The second-order valence-electron chi connectivity index (χ2n) is 4.27. The van der Waals surface area contributed by atoms with Crippen molar-refractivity contribution in [3.63, 3.8) is 0 Å². The summed E-state index contributed by atoms with van der Waals surface area (Å²) in [4.78, 5) is 12.2. The quantitative estimate of drug-likeness (QED) is 0.739. The summed E-state index contributed by atoms with van der Waals surface area (Å²) in [6.45, 7) is 1.83. The number of aryl methyl sites for hydroxylation is 1. The van der Waals surface area contributed by atoms with Crippen LogP contribution < -0.4 is 0 Å². The van der Waals surface area contributed by atoms with E-state index in [1.54, 1.807) is 24.3 Å². The molecule has 0 aliphatic rings. The summed E-state index contributed by atoms with van der Waals surface area (Å²) in [6, 6.07) is 9.29. The number of ketones is 1. The summed E-state index contributed by atoms with van der Waals surface area (Å²) in [5.74, 6) is -0.535. The molecule has 0 N–H and O–H groups in total. The second kappa shape index (κ2) is 5.72. The van der Waals surface area contributed by atoms with E-state index >= 15 is 0 Å². The molecule has 0 radical (unpaired) electrons. The lowest BCUT2D eigenvalue weighted by molar-refractivity contribution is 0.0993. The molecule has 1 nitrogen and oxygen atoms in total. The van der Waals surface area contributed by atoms with Crippen LogP contribution in [-0.2, 0) is 6.42 Å². The molecule has 0 aromatic heterocycles. The summed E-state index contributed by atoms with van der Waals surface area (Å²) >= 11 is 11.9. The first-order chi connectivity index (χ1) is 8.99. The van der Waals surface area contributed by atoms with Crippen LogP contribution in [0.1, 0.15) is 21.5 Å². The Labute approximate surface area is 121 Å². The molecule has 0 bridgehead atoms. The average Bonchev–Trinajstić information content (AvgIpc) is 2.37.